The molecule has 0 radical (unpaired) electrons. The molecule has 1 aromatic carbocycles. The molecule has 0 atom stereocenters. The summed E-state index contributed by atoms with van der Waals surface area (Å²) < 4.78 is 0. The summed E-state index contributed by atoms with van der Waals surface area (Å²) in [6.07, 6.45) is 7.91. The van der Waals surface area contributed by atoms with Crippen LogP contribution in [-0.2, 0) is 16.0 Å². The standard InChI is InChI=1S/C26H36N4O2S/c1-21(31)29-17-10-24(11-18-29)25(32)30(26-27-12-19-33-26)14-5-13-28-15-8-23(9-16-28)20-22-6-3-2-4-7-22/h2-4,6-7,12,19,23-24H,5,8-11,13-18,20H2,1H3. The Morgan fingerprint density at radius 1 is 1.06 bits per heavy atom. The molecule has 7 heteroatoms. The predicted molar refractivity (Wildman–Crippen MR) is 133 cm³/mol. The van der Waals surface area contributed by atoms with E-state index in [9.17, 15) is 9.59 Å². The summed E-state index contributed by atoms with van der Waals surface area (Å²) in [6.45, 7) is 6.98. The van der Waals surface area contributed by atoms with E-state index in [0.29, 0.717) is 19.6 Å². The maximum absolute atomic E-state index is 13.3. The number of aromatic nitrogens is 1. The van der Waals surface area contributed by atoms with Crippen molar-refractivity contribution in [1.29, 1.82) is 0 Å². The average Bonchev–Trinajstić information content (AvgIpc) is 3.38. The number of carbonyl (C=O) groups is 2. The quantitative estimate of drug-likeness (QED) is 0.586. The van der Waals surface area contributed by atoms with Crippen LogP contribution in [0.15, 0.2) is 41.9 Å². The number of anilines is 1. The van der Waals surface area contributed by atoms with Gasteiger partial charge in [0.2, 0.25) is 11.8 Å². The first-order chi connectivity index (χ1) is 16.1. The van der Waals surface area contributed by atoms with E-state index < -0.39 is 0 Å². The number of benzene rings is 1. The maximum Gasteiger partial charge on any atom is 0.232 e. The summed E-state index contributed by atoms with van der Waals surface area (Å²) in [5.74, 6) is 1.04. The first kappa shape index (κ1) is 23.9. The van der Waals surface area contributed by atoms with Crippen LogP contribution in [0.25, 0.3) is 0 Å². The Balaban J connectivity index is 1.24. The van der Waals surface area contributed by atoms with Crippen LogP contribution < -0.4 is 4.90 Å². The summed E-state index contributed by atoms with van der Waals surface area (Å²) in [5, 5.41) is 2.74. The van der Waals surface area contributed by atoms with Crippen LogP contribution in [0.5, 0.6) is 0 Å². The van der Waals surface area contributed by atoms with Gasteiger partial charge in [0.1, 0.15) is 0 Å². The molecule has 178 valence electrons. The van der Waals surface area contributed by atoms with Crippen molar-refractivity contribution in [2.45, 2.75) is 45.4 Å². The molecule has 2 aliphatic rings. The molecule has 33 heavy (non-hydrogen) atoms. The van der Waals surface area contributed by atoms with Crippen LogP contribution in [0.4, 0.5) is 5.13 Å². The minimum Gasteiger partial charge on any atom is -0.343 e. The van der Waals surface area contributed by atoms with Crippen LogP contribution in [0.2, 0.25) is 0 Å². The van der Waals surface area contributed by atoms with E-state index in [1.807, 2.05) is 15.2 Å². The Morgan fingerprint density at radius 2 is 1.79 bits per heavy atom. The van der Waals surface area contributed by atoms with Crippen molar-refractivity contribution in [3.05, 3.63) is 47.5 Å². The lowest BCUT2D eigenvalue weighted by atomic mass is 9.90. The third kappa shape index (κ3) is 6.64. The number of hydrogen-bond acceptors (Lipinski definition) is 5. The molecule has 2 aromatic rings. The Kier molecular flexibility index (Phi) is 8.51. The Labute approximate surface area is 201 Å². The van der Waals surface area contributed by atoms with Gasteiger partial charge in [0.15, 0.2) is 5.13 Å². The second-order valence-corrected chi connectivity index (χ2v) is 10.3. The summed E-state index contributed by atoms with van der Waals surface area (Å²) >= 11 is 1.53. The number of thiazole rings is 1. The molecule has 2 fully saturated rings. The normalized spacial score (nSPS) is 18.4. The van der Waals surface area contributed by atoms with Gasteiger partial charge < -0.3 is 9.80 Å². The van der Waals surface area contributed by atoms with E-state index in [2.05, 4.69) is 40.2 Å². The summed E-state index contributed by atoms with van der Waals surface area (Å²) in [7, 11) is 0. The zero-order valence-electron chi connectivity index (χ0n) is 19.7. The highest BCUT2D eigenvalue weighted by Crippen LogP contribution is 2.26. The third-order valence-electron chi connectivity index (χ3n) is 7.14. The molecule has 2 amide bonds. The molecule has 3 heterocycles. The van der Waals surface area contributed by atoms with Crippen molar-refractivity contribution in [2.24, 2.45) is 11.8 Å². The van der Waals surface area contributed by atoms with E-state index in [1.165, 1.54) is 36.2 Å². The summed E-state index contributed by atoms with van der Waals surface area (Å²) in [6, 6.07) is 10.8. The molecule has 0 spiro atoms. The number of amides is 2. The molecule has 6 nitrogen and oxygen atoms in total. The minimum absolute atomic E-state index is 0.0155. The monoisotopic (exact) mass is 468 g/mol. The van der Waals surface area contributed by atoms with Crippen molar-refractivity contribution in [3.8, 4) is 0 Å². The van der Waals surface area contributed by atoms with Crippen LogP contribution in [-0.4, -0.2) is 65.9 Å². The predicted octanol–water partition coefficient (Wildman–Crippen LogP) is 4.08. The lowest BCUT2D eigenvalue weighted by molar-refractivity contribution is -0.133. The van der Waals surface area contributed by atoms with Gasteiger partial charge in [-0.25, -0.2) is 4.98 Å². The molecule has 0 saturated carbocycles. The first-order valence-corrected chi connectivity index (χ1v) is 13.2. The highest BCUT2D eigenvalue weighted by atomic mass is 32.1. The van der Waals surface area contributed by atoms with Crippen molar-refractivity contribution in [2.75, 3.05) is 44.2 Å². The van der Waals surface area contributed by atoms with Gasteiger partial charge >= 0.3 is 0 Å². The van der Waals surface area contributed by atoms with E-state index in [0.717, 1.165) is 49.9 Å². The fraction of sp³-hybridized carbons (Fsp3) is 0.577. The fourth-order valence-electron chi connectivity index (χ4n) is 5.13. The molecular formula is C26H36N4O2S. The number of carbonyl (C=O) groups excluding carboxylic acids is 2. The highest BCUT2D eigenvalue weighted by molar-refractivity contribution is 7.13. The van der Waals surface area contributed by atoms with E-state index in [4.69, 9.17) is 0 Å². The second kappa shape index (κ2) is 11.7. The van der Waals surface area contributed by atoms with E-state index >= 15 is 0 Å². The molecule has 0 N–H and O–H groups in total. The van der Waals surface area contributed by atoms with E-state index in [1.54, 1.807) is 13.1 Å². The van der Waals surface area contributed by atoms with Crippen LogP contribution >= 0.6 is 11.3 Å². The van der Waals surface area contributed by atoms with Gasteiger partial charge in [-0.3, -0.25) is 14.5 Å². The Hall–Kier alpha value is -2.25. The van der Waals surface area contributed by atoms with Crippen molar-refractivity contribution in [1.82, 2.24) is 14.8 Å². The Morgan fingerprint density at radius 3 is 2.42 bits per heavy atom. The molecule has 0 bridgehead atoms. The summed E-state index contributed by atoms with van der Waals surface area (Å²) in [4.78, 5) is 35.7. The largest absolute Gasteiger partial charge is 0.343 e. The summed E-state index contributed by atoms with van der Waals surface area (Å²) in [5.41, 5.74) is 1.45. The number of hydrogen-bond donors (Lipinski definition) is 0. The second-order valence-electron chi connectivity index (χ2n) is 9.41. The van der Waals surface area contributed by atoms with Gasteiger partial charge in [-0.2, -0.15) is 0 Å². The van der Waals surface area contributed by atoms with Gasteiger partial charge in [0.25, 0.3) is 0 Å². The van der Waals surface area contributed by atoms with Crippen molar-refractivity contribution < 1.29 is 9.59 Å². The van der Waals surface area contributed by atoms with E-state index in [-0.39, 0.29) is 17.7 Å². The van der Waals surface area contributed by atoms with Gasteiger partial charge in [0, 0.05) is 44.1 Å². The lowest BCUT2D eigenvalue weighted by Gasteiger charge is -2.34. The number of piperidine rings is 2. The van der Waals surface area contributed by atoms with Crippen molar-refractivity contribution in [3.63, 3.8) is 0 Å². The number of nitrogens with zero attached hydrogens (tertiary/aromatic N) is 4. The lowest BCUT2D eigenvalue weighted by Crippen LogP contribution is -2.45. The fourth-order valence-corrected chi connectivity index (χ4v) is 5.80. The maximum atomic E-state index is 13.3. The molecular weight excluding hydrogens is 432 g/mol. The van der Waals surface area contributed by atoms with Crippen molar-refractivity contribution >= 4 is 28.3 Å². The number of likely N-dealkylation sites (tertiary alicyclic amines) is 2. The van der Waals surface area contributed by atoms with Crippen LogP contribution in [0.3, 0.4) is 0 Å². The molecule has 2 saturated heterocycles. The molecule has 4 rings (SSSR count). The van der Waals surface area contributed by atoms with Crippen LogP contribution in [0, 0.1) is 11.8 Å². The average molecular weight is 469 g/mol. The third-order valence-corrected chi connectivity index (χ3v) is 7.93. The Bertz CT molecular complexity index is 873. The number of rotatable bonds is 8. The van der Waals surface area contributed by atoms with Gasteiger partial charge in [0.05, 0.1) is 0 Å². The topological polar surface area (TPSA) is 56.8 Å². The van der Waals surface area contributed by atoms with Gasteiger partial charge in [-0.05, 0) is 69.6 Å². The molecule has 2 aliphatic heterocycles. The smallest absolute Gasteiger partial charge is 0.232 e. The zero-order valence-corrected chi connectivity index (χ0v) is 20.5. The molecule has 0 aliphatic carbocycles. The highest BCUT2D eigenvalue weighted by Gasteiger charge is 2.31. The SMILES string of the molecule is CC(=O)N1CCC(C(=O)N(CCCN2CCC(Cc3ccccc3)CC2)c2nccs2)CC1. The minimum atomic E-state index is -0.0155. The molecule has 0 unspecified atom stereocenters. The van der Waals surface area contributed by atoms with Gasteiger partial charge in [-0.15, -0.1) is 11.3 Å². The first-order valence-electron chi connectivity index (χ1n) is 12.3. The van der Waals surface area contributed by atoms with Crippen LogP contribution in [0.1, 0.15) is 44.6 Å². The zero-order chi connectivity index (χ0) is 23.0. The molecule has 1 aromatic heterocycles. The van der Waals surface area contributed by atoms with Gasteiger partial charge in [-0.1, -0.05) is 30.3 Å².